The van der Waals surface area contributed by atoms with Crippen molar-refractivity contribution in [3.05, 3.63) is 12.5 Å². The molecule has 0 bridgehead atoms. The Morgan fingerprint density at radius 1 is 1.29 bits per heavy atom. The predicted octanol–water partition coefficient (Wildman–Crippen LogP) is 0.235. The van der Waals surface area contributed by atoms with Crippen LogP contribution in [0, 0.1) is 0 Å². The number of nitrogens with zero attached hydrogens (tertiary/aromatic N) is 5. The first-order valence-corrected chi connectivity index (χ1v) is 8.32. The number of hydrogen-bond donors (Lipinski definition) is 2. The maximum Gasteiger partial charge on any atom is 0.227 e. The average Bonchev–Trinajstić information content (AvgIpc) is 2.93. The minimum atomic E-state index is -1.09. The van der Waals surface area contributed by atoms with E-state index in [1.54, 1.807) is 19.4 Å². The minimum absolute atomic E-state index is 0.184. The van der Waals surface area contributed by atoms with Gasteiger partial charge >= 0.3 is 0 Å². The molecule has 2 atom stereocenters. The van der Waals surface area contributed by atoms with Crippen molar-refractivity contribution in [2.75, 3.05) is 24.6 Å². The molecule has 4 rings (SSSR count). The molecular formula is C16H23N5O3. The zero-order chi connectivity index (χ0) is 16.9. The van der Waals surface area contributed by atoms with Crippen molar-refractivity contribution < 1.29 is 14.9 Å². The summed E-state index contributed by atoms with van der Waals surface area (Å²) in [5.41, 5.74) is 0.147. The zero-order valence-electron chi connectivity index (χ0n) is 14.0. The maximum atomic E-state index is 10.4. The molecule has 8 heteroatoms. The van der Waals surface area contributed by atoms with Crippen molar-refractivity contribution in [1.29, 1.82) is 0 Å². The van der Waals surface area contributed by atoms with Gasteiger partial charge in [0.25, 0.3) is 0 Å². The van der Waals surface area contributed by atoms with E-state index < -0.39 is 11.7 Å². The average molecular weight is 333 g/mol. The Balaban J connectivity index is 1.49. The second kappa shape index (κ2) is 5.37. The van der Waals surface area contributed by atoms with E-state index >= 15 is 0 Å². The molecule has 0 saturated carbocycles. The molecule has 2 saturated heterocycles. The van der Waals surface area contributed by atoms with E-state index in [2.05, 4.69) is 19.9 Å². The second-order valence-electron chi connectivity index (χ2n) is 7.27. The van der Waals surface area contributed by atoms with Crippen LogP contribution in [-0.2, 0) is 11.8 Å². The molecule has 130 valence electrons. The highest BCUT2D eigenvalue weighted by atomic mass is 16.5. The maximum absolute atomic E-state index is 10.4. The molecule has 2 aliphatic rings. The molecule has 2 aliphatic heterocycles. The Morgan fingerprint density at radius 3 is 2.75 bits per heavy atom. The van der Waals surface area contributed by atoms with Gasteiger partial charge in [-0.2, -0.15) is 4.98 Å². The summed E-state index contributed by atoms with van der Waals surface area (Å²) in [6.45, 7) is 3.38. The third kappa shape index (κ3) is 2.54. The van der Waals surface area contributed by atoms with Crippen molar-refractivity contribution in [3.63, 3.8) is 0 Å². The molecule has 2 N–H and O–H groups in total. The van der Waals surface area contributed by atoms with Crippen LogP contribution in [0.25, 0.3) is 11.2 Å². The number of hydrogen-bond acceptors (Lipinski definition) is 7. The van der Waals surface area contributed by atoms with Gasteiger partial charge in [0.15, 0.2) is 5.65 Å². The third-order valence-electron chi connectivity index (χ3n) is 5.37. The fourth-order valence-corrected chi connectivity index (χ4v) is 3.75. The second-order valence-corrected chi connectivity index (χ2v) is 7.27. The van der Waals surface area contributed by atoms with Crippen molar-refractivity contribution in [1.82, 2.24) is 19.5 Å². The molecule has 2 fully saturated rings. The number of aliphatic hydroxyl groups is 2. The lowest BCUT2D eigenvalue weighted by molar-refractivity contribution is -0.216. The normalized spacial score (nSPS) is 30.2. The van der Waals surface area contributed by atoms with Crippen LogP contribution in [0.1, 0.15) is 26.2 Å². The van der Waals surface area contributed by atoms with E-state index in [0.717, 1.165) is 31.4 Å². The van der Waals surface area contributed by atoms with E-state index in [-0.39, 0.29) is 12.2 Å². The summed E-state index contributed by atoms with van der Waals surface area (Å²) in [4.78, 5) is 15.4. The first-order valence-electron chi connectivity index (χ1n) is 8.32. The molecule has 0 aromatic carbocycles. The van der Waals surface area contributed by atoms with E-state index in [9.17, 15) is 10.2 Å². The summed E-state index contributed by atoms with van der Waals surface area (Å²) >= 11 is 0. The summed E-state index contributed by atoms with van der Waals surface area (Å²) in [6, 6.07) is 0. The number of imidazole rings is 1. The topological polar surface area (TPSA) is 96.5 Å². The van der Waals surface area contributed by atoms with Crippen LogP contribution in [0.4, 0.5) is 5.95 Å². The van der Waals surface area contributed by atoms with E-state index in [1.807, 2.05) is 11.6 Å². The number of aryl methyl sites for hydroxylation is 1. The number of fused-ring (bicyclic) bond motifs is 1. The van der Waals surface area contributed by atoms with Crippen LogP contribution in [0.3, 0.4) is 0 Å². The molecule has 0 aliphatic carbocycles. The van der Waals surface area contributed by atoms with Gasteiger partial charge in [-0.05, 0) is 19.8 Å². The lowest BCUT2D eigenvalue weighted by Gasteiger charge is -2.49. The number of anilines is 1. The van der Waals surface area contributed by atoms with Crippen LogP contribution < -0.4 is 4.90 Å². The molecule has 1 spiro atoms. The molecule has 0 amide bonds. The number of piperidine rings is 1. The van der Waals surface area contributed by atoms with Gasteiger partial charge in [-0.25, -0.2) is 9.97 Å². The first-order chi connectivity index (χ1) is 11.4. The largest absolute Gasteiger partial charge is 0.388 e. The molecule has 0 unspecified atom stereocenters. The first kappa shape index (κ1) is 15.7. The van der Waals surface area contributed by atoms with Crippen LogP contribution in [-0.4, -0.2) is 66.7 Å². The molecule has 4 heterocycles. The highest BCUT2D eigenvalue weighted by Gasteiger charge is 2.48. The molecule has 2 aromatic heterocycles. The van der Waals surface area contributed by atoms with Gasteiger partial charge in [-0.3, -0.25) is 0 Å². The Kier molecular flexibility index (Phi) is 3.52. The van der Waals surface area contributed by atoms with Crippen LogP contribution in [0.5, 0.6) is 0 Å². The number of ether oxygens (including phenoxy) is 1. The van der Waals surface area contributed by atoms with Gasteiger partial charge in [-0.15, -0.1) is 0 Å². The van der Waals surface area contributed by atoms with Crippen LogP contribution >= 0.6 is 0 Å². The van der Waals surface area contributed by atoms with E-state index in [1.165, 1.54) is 0 Å². The van der Waals surface area contributed by atoms with Gasteiger partial charge in [0, 0.05) is 26.6 Å². The highest BCUT2D eigenvalue weighted by Crippen LogP contribution is 2.40. The monoisotopic (exact) mass is 333 g/mol. The van der Waals surface area contributed by atoms with Gasteiger partial charge in [0.05, 0.1) is 30.3 Å². The van der Waals surface area contributed by atoms with Crippen LogP contribution in [0.2, 0.25) is 0 Å². The molecular weight excluding hydrogens is 310 g/mol. The van der Waals surface area contributed by atoms with E-state index in [4.69, 9.17) is 4.74 Å². The highest BCUT2D eigenvalue weighted by molar-refractivity contribution is 5.70. The smallest absolute Gasteiger partial charge is 0.227 e. The zero-order valence-corrected chi connectivity index (χ0v) is 14.0. The lowest BCUT2D eigenvalue weighted by atomic mass is 9.77. The quantitative estimate of drug-likeness (QED) is 0.771. The molecule has 24 heavy (non-hydrogen) atoms. The predicted molar refractivity (Wildman–Crippen MR) is 87.7 cm³/mol. The fourth-order valence-electron chi connectivity index (χ4n) is 3.75. The summed E-state index contributed by atoms with van der Waals surface area (Å²) < 4.78 is 7.82. The molecule has 8 nitrogen and oxygen atoms in total. The Labute approximate surface area is 140 Å². The minimum Gasteiger partial charge on any atom is -0.388 e. The standard InChI is InChI=1S/C16H23N5O3/c1-15(23)9-16(24-8-12(15)22)3-5-21(6-4-16)14-17-7-11-13(19-14)18-10-20(11)2/h7,10,12,22-23H,3-6,8-9H2,1-2H3/t12-,15-/m0/s1. The summed E-state index contributed by atoms with van der Waals surface area (Å²) in [7, 11) is 1.92. The van der Waals surface area contributed by atoms with Crippen molar-refractivity contribution in [2.45, 2.75) is 43.5 Å². The van der Waals surface area contributed by atoms with Crippen molar-refractivity contribution in [3.8, 4) is 0 Å². The lowest BCUT2D eigenvalue weighted by Crippen LogP contribution is -2.59. The van der Waals surface area contributed by atoms with E-state index in [0.29, 0.717) is 18.0 Å². The van der Waals surface area contributed by atoms with Gasteiger partial charge < -0.3 is 24.4 Å². The third-order valence-corrected chi connectivity index (χ3v) is 5.37. The SMILES string of the molecule is Cn1cnc2nc(N3CCC4(CC3)C[C@](C)(O)[C@@H](O)CO4)ncc21. The molecule has 2 aromatic rings. The van der Waals surface area contributed by atoms with Crippen LogP contribution in [0.15, 0.2) is 12.5 Å². The Morgan fingerprint density at radius 2 is 2.04 bits per heavy atom. The number of aliphatic hydroxyl groups excluding tert-OH is 1. The van der Waals surface area contributed by atoms with Crippen molar-refractivity contribution in [2.24, 2.45) is 7.05 Å². The molecule has 0 radical (unpaired) electrons. The fraction of sp³-hybridized carbons (Fsp3) is 0.688. The summed E-state index contributed by atoms with van der Waals surface area (Å²) in [5.74, 6) is 0.679. The Bertz CT molecular complexity index is 751. The van der Waals surface area contributed by atoms with Gasteiger partial charge in [0.1, 0.15) is 11.6 Å². The summed E-state index contributed by atoms with van der Waals surface area (Å²) in [5, 5.41) is 20.3. The van der Waals surface area contributed by atoms with Crippen molar-refractivity contribution >= 4 is 17.1 Å². The number of aromatic nitrogens is 4. The summed E-state index contributed by atoms with van der Waals surface area (Å²) in [6.07, 6.45) is 4.72. The van der Waals surface area contributed by atoms with Gasteiger partial charge in [0.2, 0.25) is 5.95 Å². The number of rotatable bonds is 1. The Hall–Kier alpha value is -1.77. The van der Waals surface area contributed by atoms with Gasteiger partial charge in [-0.1, -0.05) is 0 Å².